The summed E-state index contributed by atoms with van der Waals surface area (Å²) in [6.45, 7) is 0.467. The topological polar surface area (TPSA) is 107 Å². The Kier molecular flexibility index (Phi) is 5.78. The minimum absolute atomic E-state index is 0.0429. The van der Waals surface area contributed by atoms with E-state index in [1.54, 1.807) is 0 Å². The van der Waals surface area contributed by atoms with E-state index in [2.05, 4.69) is 0 Å². The van der Waals surface area contributed by atoms with Crippen molar-refractivity contribution in [2.45, 2.75) is 30.6 Å². The fraction of sp³-hybridized carbons (Fsp3) is 0.417. The number of hydrogen-bond donors (Lipinski definition) is 2. The highest BCUT2D eigenvalue weighted by Crippen LogP contribution is 2.15. The van der Waals surface area contributed by atoms with Crippen LogP contribution in [0.2, 0.25) is 0 Å². The summed E-state index contributed by atoms with van der Waals surface area (Å²) in [5, 5.41) is 13.4. The summed E-state index contributed by atoms with van der Waals surface area (Å²) in [5.41, 5.74) is 0. The highest BCUT2D eigenvalue weighted by atomic mass is 32.2. The molecule has 1 aromatic rings. The van der Waals surface area contributed by atoms with Crippen molar-refractivity contribution in [3.05, 3.63) is 24.3 Å². The Morgan fingerprint density at radius 2 is 1.79 bits per heavy atom. The molecule has 1 aromatic carbocycles. The first-order valence-corrected chi connectivity index (χ1v) is 7.41. The Hall–Kier alpha value is -1.60. The van der Waals surface area contributed by atoms with Crippen LogP contribution >= 0.6 is 0 Å². The van der Waals surface area contributed by atoms with E-state index < -0.39 is 16.0 Å². The summed E-state index contributed by atoms with van der Waals surface area (Å²) in [4.78, 5) is 10.3. The SMILES string of the molecule is NS(=O)(=O)c1ccc(OCCCCCC(=O)O)cc1. The number of benzene rings is 1. The molecule has 1 rings (SSSR count). The third kappa shape index (κ3) is 6.21. The monoisotopic (exact) mass is 287 g/mol. The molecule has 0 atom stereocenters. The van der Waals surface area contributed by atoms with Gasteiger partial charge in [-0.1, -0.05) is 0 Å². The molecule has 0 aromatic heterocycles. The lowest BCUT2D eigenvalue weighted by molar-refractivity contribution is -0.137. The zero-order valence-electron chi connectivity index (χ0n) is 10.4. The molecular weight excluding hydrogens is 270 g/mol. The Morgan fingerprint density at radius 1 is 1.16 bits per heavy atom. The van der Waals surface area contributed by atoms with Gasteiger partial charge in [-0.2, -0.15) is 0 Å². The van der Waals surface area contributed by atoms with Crippen LogP contribution < -0.4 is 9.88 Å². The zero-order chi connectivity index (χ0) is 14.3. The van der Waals surface area contributed by atoms with Crippen LogP contribution in [0.4, 0.5) is 0 Å². The Bertz CT molecular complexity index is 509. The number of primary sulfonamides is 1. The molecular formula is C12H17NO5S. The first-order valence-electron chi connectivity index (χ1n) is 5.87. The highest BCUT2D eigenvalue weighted by Gasteiger charge is 2.06. The van der Waals surface area contributed by atoms with Crippen molar-refractivity contribution < 1.29 is 23.1 Å². The molecule has 0 saturated heterocycles. The van der Waals surface area contributed by atoms with Gasteiger partial charge in [0, 0.05) is 6.42 Å². The van der Waals surface area contributed by atoms with Gasteiger partial charge < -0.3 is 9.84 Å². The van der Waals surface area contributed by atoms with Gasteiger partial charge in [0.15, 0.2) is 0 Å². The number of carbonyl (C=O) groups is 1. The molecule has 3 N–H and O–H groups in total. The smallest absolute Gasteiger partial charge is 0.303 e. The molecule has 0 amide bonds. The quantitative estimate of drug-likeness (QED) is 0.702. The lowest BCUT2D eigenvalue weighted by atomic mass is 10.2. The van der Waals surface area contributed by atoms with Crippen molar-refractivity contribution in [1.82, 2.24) is 0 Å². The molecule has 6 nitrogen and oxygen atoms in total. The molecule has 7 heteroatoms. The molecule has 0 bridgehead atoms. The predicted molar refractivity (Wildman–Crippen MR) is 69.4 cm³/mol. The van der Waals surface area contributed by atoms with Crippen LogP contribution in [0.1, 0.15) is 25.7 Å². The number of sulfonamides is 1. The van der Waals surface area contributed by atoms with Crippen molar-refractivity contribution in [3.8, 4) is 5.75 Å². The number of aliphatic carboxylic acids is 1. The average Bonchev–Trinajstić information content (AvgIpc) is 2.32. The molecule has 0 spiro atoms. The molecule has 0 aliphatic rings. The lowest BCUT2D eigenvalue weighted by Gasteiger charge is -2.06. The Balaban J connectivity index is 2.29. The number of carboxylic acid groups (broad SMARTS) is 1. The average molecular weight is 287 g/mol. The van der Waals surface area contributed by atoms with E-state index in [1.165, 1.54) is 24.3 Å². The summed E-state index contributed by atoms with van der Waals surface area (Å²) in [5.74, 6) is -0.231. The van der Waals surface area contributed by atoms with Gasteiger partial charge in [-0.25, -0.2) is 13.6 Å². The lowest BCUT2D eigenvalue weighted by Crippen LogP contribution is -2.11. The standard InChI is InChI=1S/C12H17NO5S/c13-19(16,17)11-7-5-10(6-8-11)18-9-3-1-2-4-12(14)15/h5-8H,1-4,9H2,(H,14,15)(H2,13,16,17). The predicted octanol–water partition coefficient (Wildman–Crippen LogP) is 1.36. The maximum atomic E-state index is 11.0. The van der Waals surface area contributed by atoms with Crippen LogP contribution in [-0.4, -0.2) is 26.1 Å². The van der Waals surface area contributed by atoms with Gasteiger partial charge in [0.05, 0.1) is 11.5 Å². The van der Waals surface area contributed by atoms with E-state index in [4.69, 9.17) is 15.0 Å². The van der Waals surface area contributed by atoms with E-state index in [-0.39, 0.29) is 11.3 Å². The minimum atomic E-state index is -3.67. The largest absolute Gasteiger partial charge is 0.494 e. The summed E-state index contributed by atoms with van der Waals surface area (Å²) < 4.78 is 27.4. The van der Waals surface area contributed by atoms with Gasteiger partial charge >= 0.3 is 5.97 Å². The van der Waals surface area contributed by atoms with E-state index >= 15 is 0 Å². The van der Waals surface area contributed by atoms with Gasteiger partial charge in [0.2, 0.25) is 10.0 Å². The molecule has 19 heavy (non-hydrogen) atoms. The van der Waals surface area contributed by atoms with Crippen LogP contribution in [0.3, 0.4) is 0 Å². The molecule has 0 heterocycles. The van der Waals surface area contributed by atoms with Gasteiger partial charge in [-0.3, -0.25) is 4.79 Å². The third-order valence-electron chi connectivity index (χ3n) is 2.46. The zero-order valence-corrected chi connectivity index (χ0v) is 11.2. The summed E-state index contributed by atoms with van der Waals surface area (Å²) in [6.07, 6.45) is 2.33. The van der Waals surface area contributed by atoms with Crippen molar-refractivity contribution in [2.75, 3.05) is 6.61 Å². The first-order chi connectivity index (χ1) is 8.89. The van der Waals surface area contributed by atoms with Crippen LogP contribution in [0.15, 0.2) is 29.2 Å². The van der Waals surface area contributed by atoms with Gasteiger partial charge in [0.25, 0.3) is 0 Å². The van der Waals surface area contributed by atoms with E-state index in [0.29, 0.717) is 18.8 Å². The fourth-order valence-electron chi connectivity index (χ4n) is 1.47. The van der Waals surface area contributed by atoms with E-state index in [1.807, 2.05) is 0 Å². The van der Waals surface area contributed by atoms with Crippen LogP contribution in [0, 0.1) is 0 Å². The van der Waals surface area contributed by atoms with Crippen molar-refractivity contribution in [2.24, 2.45) is 5.14 Å². The normalized spacial score (nSPS) is 11.2. The number of rotatable bonds is 8. The number of hydrogen-bond acceptors (Lipinski definition) is 4. The maximum absolute atomic E-state index is 11.0. The molecule has 0 aliphatic heterocycles. The number of nitrogens with two attached hydrogens (primary N) is 1. The Labute approximate surface area is 112 Å². The van der Waals surface area contributed by atoms with Crippen molar-refractivity contribution in [1.29, 1.82) is 0 Å². The molecule has 0 aliphatic carbocycles. The van der Waals surface area contributed by atoms with E-state index in [9.17, 15) is 13.2 Å². The first kappa shape index (κ1) is 15.5. The minimum Gasteiger partial charge on any atom is -0.494 e. The van der Waals surface area contributed by atoms with E-state index in [0.717, 1.165) is 12.8 Å². The Morgan fingerprint density at radius 3 is 2.32 bits per heavy atom. The van der Waals surface area contributed by atoms with Crippen molar-refractivity contribution >= 4 is 16.0 Å². The maximum Gasteiger partial charge on any atom is 0.303 e. The molecule has 0 fully saturated rings. The van der Waals surface area contributed by atoms with Crippen LogP contribution in [0.25, 0.3) is 0 Å². The van der Waals surface area contributed by atoms with Crippen molar-refractivity contribution in [3.63, 3.8) is 0 Å². The van der Waals surface area contributed by atoms with Gasteiger partial charge in [0.1, 0.15) is 5.75 Å². The number of carboxylic acids is 1. The van der Waals surface area contributed by atoms with Crippen LogP contribution in [-0.2, 0) is 14.8 Å². The second-order valence-electron chi connectivity index (χ2n) is 4.07. The summed E-state index contributed by atoms with van der Waals surface area (Å²) in [6, 6.07) is 5.85. The summed E-state index contributed by atoms with van der Waals surface area (Å²) >= 11 is 0. The van der Waals surface area contributed by atoms with Gasteiger partial charge in [-0.15, -0.1) is 0 Å². The second kappa shape index (κ2) is 7.10. The molecule has 106 valence electrons. The van der Waals surface area contributed by atoms with Gasteiger partial charge in [-0.05, 0) is 43.5 Å². The number of ether oxygens (including phenoxy) is 1. The molecule has 0 radical (unpaired) electrons. The second-order valence-corrected chi connectivity index (χ2v) is 5.63. The number of unbranched alkanes of at least 4 members (excludes halogenated alkanes) is 2. The molecule has 0 saturated carbocycles. The highest BCUT2D eigenvalue weighted by molar-refractivity contribution is 7.89. The molecule has 0 unspecified atom stereocenters. The van der Waals surface area contributed by atoms with Crippen LogP contribution in [0.5, 0.6) is 5.75 Å². The fourth-order valence-corrected chi connectivity index (χ4v) is 1.99. The summed E-state index contributed by atoms with van der Waals surface area (Å²) in [7, 11) is -3.67. The third-order valence-corrected chi connectivity index (χ3v) is 3.39.